The number of benzene rings is 2. The average molecular weight is 363 g/mol. The number of amides is 2. The standard InChI is InChI=1S/C16H13NO9/c18-8-4-9(13(21)10(5-8)15(23)24)14(22)17(16(25)26)6-7-1-2-11(19)12(20)3-7/h1-5,18-21H,6H2,(H,23,24)(H,25,26). The molecule has 0 aromatic heterocycles. The molecule has 0 aliphatic carbocycles. The van der Waals surface area contributed by atoms with Crippen molar-refractivity contribution in [3.63, 3.8) is 0 Å². The van der Waals surface area contributed by atoms with Crippen molar-refractivity contribution in [1.82, 2.24) is 4.90 Å². The smallest absolute Gasteiger partial charge is 0.414 e. The third-order valence-corrected chi connectivity index (χ3v) is 3.41. The largest absolute Gasteiger partial charge is 0.508 e. The molecule has 0 fully saturated rings. The molecule has 0 aliphatic rings. The molecule has 0 saturated carbocycles. The van der Waals surface area contributed by atoms with E-state index in [1.165, 1.54) is 6.07 Å². The van der Waals surface area contributed by atoms with E-state index >= 15 is 0 Å². The van der Waals surface area contributed by atoms with Crippen LogP contribution >= 0.6 is 0 Å². The summed E-state index contributed by atoms with van der Waals surface area (Å²) >= 11 is 0. The van der Waals surface area contributed by atoms with Gasteiger partial charge in [0, 0.05) is 0 Å². The summed E-state index contributed by atoms with van der Waals surface area (Å²) in [5.41, 5.74) is -1.37. The fraction of sp³-hybridized carbons (Fsp3) is 0.0625. The second-order valence-corrected chi connectivity index (χ2v) is 5.19. The van der Waals surface area contributed by atoms with E-state index in [2.05, 4.69) is 0 Å². The Hall–Kier alpha value is -3.95. The minimum atomic E-state index is -1.72. The maximum Gasteiger partial charge on any atom is 0.414 e. The van der Waals surface area contributed by atoms with Crippen molar-refractivity contribution >= 4 is 18.0 Å². The molecule has 0 radical (unpaired) electrons. The fourth-order valence-electron chi connectivity index (χ4n) is 2.17. The molecule has 6 N–H and O–H groups in total. The summed E-state index contributed by atoms with van der Waals surface area (Å²) in [5, 5.41) is 56.4. The van der Waals surface area contributed by atoms with Crippen LogP contribution in [0.1, 0.15) is 26.3 Å². The van der Waals surface area contributed by atoms with Gasteiger partial charge in [0.25, 0.3) is 5.91 Å². The van der Waals surface area contributed by atoms with Crippen LogP contribution in [0.3, 0.4) is 0 Å². The molecule has 0 heterocycles. The molecule has 0 unspecified atom stereocenters. The second-order valence-electron chi connectivity index (χ2n) is 5.19. The highest BCUT2D eigenvalue weighted by atomic mass is 16.4. The number of rotatable bonds is 4. The number of phenols is 4. The molecule has 136 valence electrons. The van der Waals surface area contributed by atoms with Gasteiger partial charge < -0.3 is 30.6 Å². The normalized spacial score (nSPS) is 10.3. The minimum Gasteiger partial charge on any atom is -0.508 e. The summed E-state index contributed by atoms with van der Waals surface area (Å²) < 4.78 is 0. The first-order valence-corrected chi connectivity index (χ1v) is 6.96. The van der Waals surface area contributed by atoms with Gasteiger partial charge >= 0.3 is 12.1 Å². The number of hydrogen-bond donors (Lipinski definition) is 6. The summed E-state index contributed by atoms with van der Waals surface area (Å²) in [7, 11) is 0. The second kappa shape index (κ2) is 6.89. The third kappa shape index (κ3) is 3.59. The van der Waals surface area contributed by atoms with Crippen LogP contribution < -0.4 is 0 Å². The van der Waals surface area contributed by atoms with Crippen LogP contribution in [0.25, 0.3) is 0 Å². The van der Waals surface area contributed by atoms with Crippen LogP contribution in [-0.2, 0) is 6.54 Å². The van der Waals surface area contributed by atoms with E-state index < -0.39 is 58.6 Å². The molecule has 0 saturated heterocycles. The molecule has 26 heavy (non-hydrogen) atoms. The van der Waals surface area contributed by atoms with Gasteiger partial charge in [0.15, 0.2) is 11.5 Å². The number of aromatic hydroxyl groups is 4. The molecule has 0 spiro atoms. The van der Waals surface area contributed by atoms with Gasteiger partial charge in [0.2, 0.25) is 0 Å². The maximum absolute atomic E-state index is 12.5. The molecule has 10 heteroatoms. The van der Waals surface area contributed by atoms with Crippen LogP contribution in [-0.4, -0.2) is 53.5 Å². The third-order valence-electron chi connectivity index (χ3n) is 3.41. The van der Waals surface area contributed by atoms with E-state index in [4.69, 9.17) is 5.11 Å². The molecule has 2 aromatic rings. The van der Waals surface area contributed by atoms with E-state index in [9.17, 15) is 39.9 Å². The highest BCUT2D eigenvalue weighted by molar-refractivity contribution is 6.07. The van der Waals surface area contributed by atoms with Crippen LogP contribution in [0.4, 0.5) is 4.79 Å². The quantitative estimate of drug-likeness (QED) is 0.347. The molecular formula is C16H13NO9. The van der Waals surface area contributed by atoms with Crippen LogP contribution in [0, 0.1) is 0 Å². The molecular weight excluding hydrogens is 350 g/mol. The Kier molecular flexibility index (Phi) is 4.87. The lowest BCUT2D eigenvalue weighted by Gasteiger charge is -2.19. The Morgan fingerprint density at radius 2 is 1.46 bits per heavy atom. The Balaban J connectivity index is 2.45. The molecule has 2 aromatic carbocycles. The SMILES string of the molecule is O=C(O)c1cc(O)cc(C(=O)N(Cc2ccc(O)c(O)c2)C(=O)O)c1O. The first-order chi connectivity index (χ1) is 12.1. The Morgan fingerprint density at radius 1 is 0.846 bits per heavy atom. The lowest BCUT2D eigenvalue weighted by molar-refractivity contribution is 0.0693. The van der Waals surface area contributed by atoms with Crippen LogP contribution in [0.5, 0.6) is 23.0 Å². The lowest BCUT2D eigenvalue weighted by Crippen LogP contribution is -2.35. The van der Waals surface area contributed by atoms with Gasteiger partial charge in [-0.3, -0.25) is 4.79 Å². The number of carbonyl (C=O) groups excluding carboxylic acids is 1. The average Bonchev–Trinajstić information content (AvgIpc) is 2.56. The molecule has 2 amide bonds. The van der Waals surface area contributed by atoms with E-state index in [0.717, 1.165) is 18.2 Å². The Bertz CT molecular complexity index is 907. The van der Waals surface area contributed by atoms with Gasteiger partial charge in [-0.25, -0.2) is 14.5 Å². The number of carboxylic acids is 1. The zero-order chi connectivity index (χ0) is 19.6. The first-order valence-electron chi connectivity index (χ1n) is 6.96. The maximum atomic E-state index is 12.5. The molecule has 0 atom stereocenters. The summed E-state index contributed by atoms with van der Waals surface area (Å²) in [5.74, 6) is -5.55. The summed E-state index contributed by atoms with van der Waals surface area (Å²) in [6.07, 6.45) is -1.72. The van der Waals surface area contributed by atoms with Crippen molar-refractivity contribution in [2.45, 2.75) is 6.54 Å². The Labute approximate surface area is 145 Å². The van der Waals surface area contributed by atoms with E-state index in [-0.39, 0.29) is 10.5 Å². The Morgan fingerprint density at radius 3 is 2.00 bits per heavy atom. The van der Waals surface area contributed by atoms with Crippen LogP contribution in [0.2, 0.25) is 0 Å². The number of imide groups is 1. The van der Waals surface area contributed by atoms with E-state index in [1.807, 2.05) is 0 Å². The van der Waals surface area contributed by atoms with Crippen molar-refractivity contribution in [2.24, 2.45) is 0 Å². The van der Waals surface area contributed by atoms with Gasteiger partial charge in [0.1, 0.15) is 17.1 Å². The molecule has 0 bridgehead atoms. The monoisotopic (exact) mass is 363 g/mol. The number of nitrogens with zero attached hydrogens (tertiary/aromatic N) is 1. The van der Waals surface area contributed by atoms with Gasteiger partial charge in [-0.15, -0.1) is 0 Å². The predicted molar refractivity (Wildman–Crippen MR) is 84.4 cm³/mol. The van der Waals surface area contributed by atoms with Crippen LogP contribution in [0.15, 0.2) is 30.3 Å². The number of aromatic carboxylic acids is 1. The lowest BCUT2D eigenvalue weighted by atomic mass is 10.1. The van der Waals surface area contributed by atoms with Crippen molar-refractivity contribution in [1.29, 1.82) is 0 Å². The molecule has 10 nitrogen and oxygen atoms in total. The van der Waals surface area contributed by atoms with Gasteiger partial charge in [0.05, 0.1) is 12.1 Å². The number of phenolic OH excluding ortho intramolecular Hbond substituents is 3. The van der Waals surface area contributed by atoms with Gasteiger partial charge in [-0.1, -0.05) is 6.07 Å². The van der Waals surface area contributed by atoms with E-state index in [0.29, 0.717) is 6.07 Å². The number of carbonyl (C=O) groups is 3. The highest BCUT2D eigenvalue weighted by Crippen LogP contribution is 2.30. The zero-order valence-corrected chi connectivity index (χ0v) is 12.9. The van der Waals surface area contributed by atoms with Gasteiger partial charge in [-0.05, 0) is 29.8 Å². The topological polar surface area (TPSA) is 176 Å². The summed E-state index contributed by atoms with van der Waals surface area (Å²) in [6.45, 7) is -0.570. The van der Waals surface area contributed by atoms with Crippen molar-refractivity contribution < 1.29 is 45.0 Å². The first kappa shape index (κ1) is 18.4. The fourth-order valence-corrected chi connectivity index (χ4v) is 2.17. The number of carboxylic acid groups (broad SMARTS) is 2. The molecule has 0 aliphatic heterocycles. The number of hydrogen-bond acceptors (Lipinski definition) is 7. The van der Waals surface area contributed by atoms with E-state index in [1.54, 1.807) is 0 Å². The highest BCUT2D eigenvalue weighted by Gasteiger charge is 2.28. The summed E-state index contributed by atoms with van der Waals surface area (Å²) in [6, 6.07) is 4.81. The van der Waals surface area contributed by atoms with Crippen molar-refractivity contribution in [3.05, 3.63) is 47.0 Å². The van der Waals surface area contributed by atoms with Gasteiger partial charge in [-0.2, -0.15) is 0 Å². The molecule has 2 rings (SSSR count). The van der Waals surface area contributed by atoms with Crippen molar-refractivity contribution in [2.75, 3.05) is 0 Å². The summed E-state index contributed by atoms with van der Waals surface area (Å²) in [4.78, 5) is 35.2. The zero-order valence-electron chi connectivity index (χ0n) is 12.9. The van der Waals surface area contributed by atoms with Crippen molar-refractivity contribution in [3.8, 4) is 23.0 Å². The predicted octanol–water partition coefficient (Wildman–Crippen LogP) is 1.53. The minimum absolute atomic E-state index is 0.133.